The number of allylic oxidation sites excluding steroid dienone is 5. The molecule has 0 saturated heterocycles. The van der Waals surface area contributed by atoms with Crippen LogP contribution in [-0.2, 0) is 0 Å². The number of nitrogens with zero attached hydrogens (tertiary/aromatic N) is 1. The Kier molecular flexibility index (Phi) is 11.0. The second kappa shape index (κ2) is 12.9. The maximum Gasteiger partial charge on any atom is 0.134 e. The number of terminal acetylenes is 1. The average molecular weight is 427 g/mol. The van der Waals surface area contributed by atoms with Gasteiger partial charge >= 0.3 is 0 Å². The van der Waals surface area contributed by atoms with E-state index in [0.29, 0.717) is 0 Å². The summed E-state index contributed by atoms with van der Waals surface area (Å²) in [5.41, 5.74) is 4.85. The van der Waals surface area contributed by atoms with Crippen LogP contribution >= 0.6 is 23.5 Å². The highest BCUT2D eigenvalue weighted by Gasteiger charge is 2.15. The van der Waals surface area contributed by atoms with Crippen molar-refractivity contribution in [3.05, 3.63) is 76.1 Å². The number of H-pyrrole nitrogens is 1. The maximum absolute atomic E-state index is 13.4. The summed E-state index contributed by atoms with van der Waals surface area (Å²) in [4.78, 5) is 9.54. The van der Waals surface area contributed by atoms with Crippen LogP contribution < -0.4 is 0 Å². The molecule has 0 amide bonds. The van der Waals surface area contributed by atoms with E-state index < -0.39 is 0 Å². The molecule has 0 aliphatic rings. The summed E-state index contributed by atoms with van der Waals surface area (Å²) < 4.78 is 13.4. The van der Waals surface area contributed by atoms with E-state index in [-0.39, 0.29) is 5.82 Å². The van der Waals surface area contributed by atoms with E-state index >= 15 is 0 Å². The predicted octanol–water partition coefficient (Wildman–Crippen LogP) is 7.76. The zero-order valence-corrected chi connectivity index (χ0v) is 19.0. The Morgan fingerprint density at radius 2 is 1.86 bits per heavy atom. The molecular formula is C24H27FN2S2. The van der Waals surface area contributed by atoms with Crippen molar-refractivity contribution in [2.75, 3.05) is 6.26 Å². The minimum Gasteiger partial charge on any atom is -0.338 e. The van der Waals surface area contributed by atoms with Gasteiger partial charge in [-0.15, -0.1) is 36.4 Å². The van der Waals surface area contributed by atoms with E-state index in [2.05, 4.69) is 62.1 Å². The molecule has 1 N–H and O–H groups in total. The Bertz CT molecular complexity index is 916. The molecule has 0 radical (unpaired) electrons. The molecule has 1 heterocycles. The molecule has 5 heteroatoms. The molecule has 2 nitrogen and oxygen atoms in total. The van der Waals surface area contributed by atoms with Crippen LogP contribution in [-0.4, -0.2) is 16.2 Å². The number of aromatic nitrogens is 2. The first kappa shape index (κ1) is 24.6. The molecular weight excluding hydrogens is 399 g/mol. The molecule has 0 atom stereocenters. The number of thioether (sulfide) groups is 2. The highest BCUT2D eigenvalue weighted by atomic mass is 32.2. The first-order valence-corrected chi connectivity index (χ1v) is 11.2. The summed E-state index contributed by atoms with van der Waals surface area (Å²) >= 11 is 3.25. The van der Waals surface area contributed by atoms with Gasteiger partial charge < -0.3 is 4.98 Å². The highest BCUT2D eigenvalue weighted by molar-refractivity contribution is 8.05. The van der Waals surface area contributed by atoms with Gasteiger partial charge in [0.25, 0.3) is 0 Å². The lowest BCUT2D eigenvalue weighted by molar-refractivity contribution is 0.628. The fraction of sp³-hybridized carbons (Fsp3) is 0.208. The van der Waals surface area contributed by atoms with Gasteiger partial charge in [0, 0.05) is 11.1 Å². The lowest BCUT2D eigenvalue weighted by atomic mass is 10.1. The van der Waals surface area contributed by atoms with Gasteiger partial charge in [0.2, 0.25) is 0 Å². The van der Waals surface area contributed by atoms with Crippen molar-refractivity contribution >= 4 is 34.7 Å². The molecule has 152 valence electrons. The van der Waals surface area contributed by atoms with Crippen molar-refractivity contribution in [2.24, 2.45) is 0 Å². The zero-order valence-electron chi connectivity index (χ0n) is 17.3. The Morgan fingerprint density at radius 1 is 1.21 bits per heavy atom. The SMILES string of the molecule is C#C.C=CS/C=C(\CC)c1nc(/C(C)=C/C=C(\C)SC)c(-c2ccc(F)cc2)[nH]1. The van der Waals surface area contributed by atoms with Gasteiger partial charge in [-0.25, -0.2) is 9.37 Å². The first-order chi connectivity index (χ1) is 14.0. The third-order valence-corrected chi connectivity index (χ3v) is 5.48. The lowest BCUT2D eigenvalue weighted by Crippen LogP contribution is -1.87. The molecule has 0 fully saturated rings. The molecule has 0 saturated carbocycles. The maximum atomic E-state index is 13.4. The molecule has 2 rings (SSSR count). The summed E-state index contributed by atoms with van der Waals surface area (Å²) in [7, 11) is 0. The van der Waals surface area contributed by atoms with Crippen molar-refractivity contribution in [1.82, 2.24) is 9.97 Å². The van der Waals surface area contributed by atoms with Gasteiger partial charge in [-0.05, 0) is 72.1 Å². The third kappa shape index (κ3) is 7.16. The normalized spacial score (nSPS) is 12.3. The molecule has 1 aromatic carbocycles. The second-order valence-corrected chi connectivity index (χ2v) is 7.84. The highest BCUT2D eigenvalue weighted by Crippen LogP contribution is 2.31. The topological polar surface area (TPSA) is 28.7 Å². The van der Waals surface area contributed by atoms with Crippen LogP contribution in [0.2, 0.25) is 0 Å². The summed E-state index contributed by atoms with van der Waals surface area (Å²) in [5, 5.41) is 3.85. The van der Waals surface area contributed by atoms with Gasteiger partial charge in [-0.2, -0.15) is 0 Å². The van der Waals surface area contributed by atoms with E-state index in [9.17, 15) is 4.39 Å². The van der Waals surface area contributed by atoms with Crippen molar-refractivity contribution < 1.29 is 4.39 Å². The number of aromatic amines is 1. The number of benzene rings is 1. The Morgan fingerprint density at radius 3 is 2.41 bits per heavy atom. The monoisotopic (exact) mass is 426 g/mol. The van der Waals surface area contributed by atoms with Crippen LogP contribution in [0.25, 0.3) is 22.4 Å². The Labute approximate surface area is 182 Å². The van der Waals surface area contributed by atoms with E-state index in [4.69, 9.17) is 4.98 Å². The number of rotatable bonds is 8. The van der Waals surface area contributed by atoms with Crippen LogP contribution in [0, 0.1) is 18.7 Å². The van der Waals surface area contributed by atoms with Crippen LogP contribution in [0.3, 0.4) is 0 Å². The molecule has 0 bridgehead atoms. The van der Waals surface area contributed by atoms with Crippen LogP contribution in [0.4, 0.5) is 4.39 Å². The number of hydrogen-bond donors (Lipinski definition) is 1. The number of imidazole rings is 1. The van der Waals surface area contributed by atoms with Crippen molar-refractivity contribution in [3.63, 3.8) is 0 Å². The quantitative estimate of drug-likeness (QED) is 0.345. The standard InChI is InChI=1S/C22H25FN2S2.C2H2/c1-6-17(14-27-7-2)22-24-20(15(3)8-9-16(4)26-5)21(25-22)18-10-12-19(23)13-11-18;1-2/h7-14H,2,6H2,1,3-5H3,(H,24,25);1-2H/b15-8+,16-9+,17-14+;. The second-order valence-electron chi connectivity index (χ2n) is 5.95. The van der Waals surface area contributed by atoms with E-state index in [0.717, 1.165) is 40.3 Å². The predicted molar refractivity (Wildman–Crippen MR) is 131 cm³/mol. The number of hydrogen-bond acceptors (Lipinski definition) is 3. The van der Waals surface area contributed by atoms with Gasteiger partial charge in [0.05, 0.1) is 11.4 Å². The van der Waals surface area contributed by atoms with E-state index in [1.54, 1.807) is 29.3 Å². The Balaban J connectivity index is 0.00000204. The molecule has 0 aliphatic carbocycles. The first-order valence-electron chi connectivity index (χ1n) is 9.04. The number of nitrogens with one attached hydrogen (secondary N) is 1. The smallest absolute Gasteiger partial charge is 0.134 e. The summed E-state index contributed by atoms with van der Waals surface area (Å²) in [6, 6.07) is 6.50. The van der Waals surface area contributed by atoms with Gasteiger partial charge in [0.15, 0.2) is 0 Å². The summed E-state index contributed by atoms with van der Waals surface area (Å²) in [5.74, 6) is 0.585. The van der Waals surface area contributed by atoms with Crippen molar-refractivity contribution in [2.45, 2.75) is 27.2 Å². The van der Waals surface area contributed by atoms with Gasteiger partial charge in [-0.3, -0.25) is 0 Å². The molecule has 29 heavy (non-hydrogen) atoms. The average Bonchev–Trinajstić information content (AvgIpc) is 3.19. The molecule has 0 aliphatic heterocycles. The minimum absolute atomic E-state index is 0.248. The number of halogens is 1. The third-order valence-electron chi connectivity index (χ3n) is 4.09. The fourth-order valence-electron chi connectivity index (χ4n) is 2.46. The van der Waals surface area contributed by atoms with Gasteiger partial charge in [0.1, 0.15) is 11.6 Å². The van der Waals surface area contributed by atoms with E-state index in [1.807, 2.05) is 6.92 Å². The molecule has 0 unspecified atom stereocenters. The Hall–Kier alpha value is -2.42. The van der Waals surface area contributed by atoms with Crippen molar-refractivity contribution in [3.8, 4) is 24.1 Å². The van der Waals surface area contributed by atoms with Crippen LogP contribution in [0.5, 0.6) is 0 Å². The lowest BCUT2D eigenvalue weighted by Gasteiger charge is -2.03. The minimum atomic E-state index is -0.248. The van der Waals surface area contributed by atoms with Crippen LogP contribution in [0.15, 0.2) is 58.7 Å². The van der Waals surface area contributed by atoms with Crippen LogP contribution in [0.1, 0.15) is 38.7 Å². The molecule has 2 aromatic rings. The summed E-state index contributed by atoms with van der Waals surface area (Å²) in [6.45, 7) is 9.98. The fourth-order valence-corrected chi connectivity index (χ4v) is 3.21. The zero-order chi connectivity index (χ0) is 21.8. The van der Waals surface area contributed by atoms with Gasteiger partial charge in [-0.1, -0.05) is 25.7 Å². The van der Waals surface area contributed by atoms with Crippen molar-refractivity contribution in [1.29, 1.82) is 0 Å². The summed E-state index contributed by atoms with van der Waals surface area (Å²) in [6.07, 6.45) is 15.1. The largest absolute Gasteiger partial charge is 0.338 e. The molecule has 1 aromatic heterocycles. The van der Waals surface area contributed by atoms with E-state index in [1.165, 1.54) is 28.8 Å². The molecule has 0 spiro atoms.